The third-order valence-corrected chi connectivity index (χ3v) is 5.30. The molecule has 0 amide bonds. The van der Waals surface area contributed by atoms with E-state index < -0.39 is 16.1 Å². The quantitative estimate of drug-likeness (QED) is 0.717. The molecule has 7 heteroatoms. The van der Waals surface area contributed by atoms with Gasteiger partial charge in [0.15, 0.2) is 0 Å². The first-order valence-electron chi connectivity index (χ1n) is 6.91. The summed E-state index contributed by atoms with van der Waals surface area (Å²) in [5, 5.41) is 18.9. The van der Waals surface area contributed by atoms with Gasteiger partial charge < -0.3 is 10.8 Å². The number of hydrogen-bond donors (Lipinski definition) is 3. The van der Waals surface area contributed by atoms with Crippen LogP contribution in [0.25, 0.3) is 0 Å². The molecule has 1 aliphatic carbocycles. The van der Waals surface area contributed by atoms with Crippen LogP contribution in [0.3, 0.4) is 0 Å². The molecule has 2 atom stereocenters. The Bertz CT molecular complexity index is 652. The van der Waals surface area contributed by atoms with E-state index in [1.54, 1.807) is 0 Å². The van der Waals surface area contributed by atoms with Gasteiger partial charge >= 0.3 is 0 Å². The van der Waals surface area contributed by atoms with Crippen molar-refractivity contribution >= 4 is 15.7 Å². The molecule has 1 aromatic rings. The van der Waals surface area contributed by atoms with Crippen molar-refractivity contribution in [3.8, 4) is 6.07 Å². The van der Waals surface area contributed by atoms with Crippen LogP contribution in [-0.2, 0) is 10.0 Å². The number of nitrogens with two attached hydrogens (primary N) is 1. The molecule has 0 heterocycles. The fourth-order valence-electron chi connectivity index (χ4n) is 2.59. The topological polar surface area (TPSA) is 116 Å². The molecule has 2 unspecified atom stereocenters. The Labute approximate surface area is 124 Å². The molecule has 1 aliphatic rings. The Hall–Kier alpha value is -1.62. The highest BCUT2D eigenvalue weighted by Crippen LogP contribution is 2.24. The zero-order chi connectivity index (χ0) is 15.5. The van der Waals surface area contributed by atoms with Crippen molar-refractivity contribution in [2.24, 2.45) is 5.92 Å². The highest BCUT2D eigenvalue weighted by molar-refractivity contribution is 7.89. The van der Waals surface area contributed by atoms with Crippen LogP contribution in [0.4, 0.5) is 5.69 Å². The van der Waals surface area contributed by atoms with Crippen LogP contribution in [0.1, 0.15) is 31.2 Å². The summed E-state index contributed by atoms with van der Waals surface area (Å²) in [7, 11) is -3.78. The highest BCUT2D eigenvalue weighted by Gasteiger charge is 2.26. The Morgan fingerprint density at radius 1 is 1.38 bits per heavy atom. The van der Waals surface area contributed by atoms with Crippen LogP contribution in [-0.4, -0.2) is 26.2 Å². The molecular weight excluding hydrogens is 290 g/mol. The van der Waals surface area contributed by atoms with E-state index in [2.05, 4.69) is 4.72 Å². The molecule has 0 aliphatic heterocycles. The van der Waals surface area contributed by atoms with Gasteiger partial charge in [-0.15, -0.1) is 0 Å². The summed E-state index contributed by atoms with van der Waals surface area (Å²) in [6.45, 7) is 0.179. The SMILES string of the molecule is N#Cc1cc(N)ccc1S(=O)(=O)NCC1CCCCC1O. The van der Waals surface area contributed by atoms with Gasteiger partial charge in [-0.1, -0.05) is 12.8 Å². The first kappa shape index (κ1) is 15.8. The number of anilines is 1. The van der Waals surface area contributed by atoms with Gasteiger partial charge in [0.05, 0.1) is 16.6 Å². The van der Waals surface area contributed by atoms with Gasteiger partial charge in [0.2, 0.25) is 10.0 Å². The molecule has 0 bridgehead atoms. The van der Waals surface area contributed by atoms with Gasteiger partial charge in [-0.05, 0) is 37.0 Å². The van der Waals surface area contributed by atoms with Gasteiger partial charge in [0.1, 0.15) is 6.07 Å². The number of hydrogen-bond acceptors (Lipinski definition) is 5. The molecule has 0 radical (unpaired) electrons. The monoisotopic (exact) mass is 309 g/mol. The predicted molar refractivity (Wildman–Crippen MR) is 78.7 cm³/mol. The smallest absolute Gasteiger partial charge is 0.241 e. The fourth-order valence-corrected chi connectivity index (χ4v) is 3.82. The molecule has 114 valence electrons. The largest absolute Gasteiger partial charge is 0.399 e. The Kier molecular flexibility index (Phi) is 4.83. The zero-order valence-electron chi connectivity index (χ0n) is 11.6. The van der Waals surface area contributed by atoms with E-state index >= 15 is 0 Å². The standard InChI is InChI=1S/C14H19N3O3S/c15-8-11-7-12(16)5-6-14(11)21(19,20)17-9-10-3-1-2-4-13(10)18/h5-7,10,13,17-18H,1-4,9,16H2. The molecule has 0 spiro atoms. The lowest BCUT2D eigenvalue weighted by Crippen LogP contribution is -2.36. The van der Waals surface area contributed by atoms with Gasteiger partial charge in [0.25, 0.3) is 0 Å². The van der Waals surface area contributed by atoms with Crippen LogP contribution in [0.5, 0.6) is 0 Å². The number of sulfonamides is 1. The molecule has 0 aromatic heterocycles. The Balaban J connectivity index is 2.14. The maximum absolute atomic E-state index is 12.3. The second-order valence-electron chi connectivity index (χ2n) is 5.33. The third-order valence-electron chi connectivity index (χ3n) is 3.82. The van der Waals surface area contributed by atoms with Gasteiger partial charge in [-0.2, -0.15) is 5.26 Å². The Morgan fingerprint density at radius 2 is 2.10 bits per heavy atom. The van der Waals surface area contributed by atoms with Crippen molar-refractivity contribution in [1.82, 2.24) is 4.72 Å². The van der Waals surface area contributed by atoms with Crippen molar-refractivity contribution in [2.75, 3.05) is 12.3 Å². The van der Waals surface area contributed by atoms with E-state index in [1.165, 1.54) is 18.2 Å². The lowest BCUT2D eigenvalue weighted by atomic mass is 9.87. The average molecular weight is 309 g/mol. The van der Waals surface area contributed by atoms with Gasteiger partial charge in [0, 0.05) is 12.2 Å². The summed E-state index contributed by atoms with van der Waals surface area (Å²) in [6.07, 6.45) is 3.01. The van der Waals surface area contributed by atoms with Crippen LogP contribution < -0.4 is 10.5 Å². The maximum atomic E-state index is 12.3. The van der Waals surface area contributed by atoms with E-state index in [0.29, 0.717) is 12.1 Å². The predicted octanol–water partition coefficient (Wildman–Crippen LogP) is 0.970. The van der Waals surface area contributed by atoms with Crippen molar-refractivity contribution in [2.45, 2.75) is 36.7 Å². The van der Waals surface area contributed by atoms with Crippen molar-refractivity contribution in [3.05, 3.63) is 23.8 Å². The minimum absolute atomic E-state index is 0.0201. The first-order valence-corrected chi connectivity index (χ1v) is 8.39. The minimum Gasteiger partial charge on any atom is -0.399 e. The van der Waals surface area contributed by atoms with E-state index in [-0.39, 0.29) is 22.9 Å². The van der Waals surface area contributed by atoms with E-state index in [0.717, 1.165) is 19.3 Å². The van der Waals surface area contributed by atoms with Crippen LogP contribution in [0, 0.1) is 17.2 Å². The average Bonchev–Trinajstić information content (AvgIpc) is 2.46. The second-order valence-corrected chi connectivity index (χ2v) is 7.07. The first-order chi connectivity index (χ1) is 9.94. The molecule has 0 saturated heterocycles. The normalized spacial score (nSPS) is 22.7. The summed E-state index contributed by atoms with van der Waals surface area (Å²) >= 11 is 0. The van der Waals surface area contributed by atoms with Crippen molar-refractivity contribution < 1.29 is 13.5 Å². The minimum atomic E-state index is -3.78. The molecule has 1 aromatic carbocycles. The van der Waals surface area contributed by atoms with Crippen LogP contribution >= 0.6 is 0 Å². The second kappa shape index (κ2) is 6.43. The lowest BCUT2D eigenvalue weighted by molar-refractivity contribution is 0.0724. The highest BCUT2D eigenvalue weighted by atomic mass is 32.2. The number of nitrogens with zero attached hydrogens (tertiary/aromatic N) is 1. The van der Waals surface area contributed by atoms with Crippen LogP contribution in [0.2, 0.25) is 0 Å². The number of rotatable bonds is 4. The number of nitriles is 1. The molecule has 4 N–H and O–H groups in total. The molecule has 6 nitrogen and oxygen atoms in total. The molecule has 1 fully saturated rings. The number of nitrogen functional groups attached to an aromatic ring is 1. The van der Waals surface area contributed by atoms with E-state index in [9.17, 15) is 13.5 Å². The summed E-state index contributed by atoms with van der Waals surface area (Å²) < 4.78 is 27.1. The fraction of sp³-hybridized carbons (Fsp3) is 0.500. The number of nitrogens with one attached hydrogen (secondary N) is 1. The van der Waals surface area contributed by atoms with E-state index in [1.807, 2.05) is 6.07 Å². The molecule has 21 heavy (non-hydrogen) atoms. The summed E-state index contributed by atoms with van der Waals surface area (Å²) in [5.74, 6) is -0.0761. The number of benzene rings is 1. The maximum Gasteiger partial charge on any atom is 0.241 e. The van der Waals surface area contributed by atoms with Gasteiger partial charge in [-0.25, -0.2) is 13.1 Å². The Morgan fingerprint density at radius 3 is 2.76 bits per heavy atom. The lowest BCUT2D eigenvalue weighted by Gasteiger charge is -2.27. The summed E-state index contributed by atoms with van der Waals surface area (Å²) in [6, 6.07) is 5.95. The molecule has 1 saturated carbocycles. The third kappa shape index (κ3) is 3.73. The van der Waals surface area contributed by atoms with Crippen molar-refractivity contribution in [1.29, 1.82) is 5.26 Å². The molecular formula is C14H19N3O3S. The number of aliphatic hydroxyl groups is 1. The van der Waals surface area contributed by atoms with E-state index in [4.69, 9.17) is 11.0 Å². The van der Waals surface area contributed by atoms with Crippen molar-refractivity contribution in [3.63, 3.8) is 0 Å². The summed E-state index contributed by atoms with van der Waals surface area (Å²) in [5.41, 5.74) is 5.92. The number of aliphatic hydroxyl groups excluding tert-OH is 1. The summed E-state index contributed by atoms with van der Waals surface area (Å²) in [4.78, 5) is -0.0792. The molecule has 2 rings (SSSR count). The zero-order valence-corrected chi connectivity index (χ0v) is 12.4. The van der Waals surface area contributed by atoms with Gasteiger partial charge in [-0.3, -0.25) is 0 Å². The van der Waals surface area contributed by atoms with Crippen LogP contribution in [0.15, 0.2) is 23.1 Å².